The number of carbonyl (C=O) groups excluding carboxylic acids is 1. The van der Waals surface area contributed by atoms with Crippen LogP contribution in [0.15, 0.2) is 0 Å². The van der Waals surface area contributed by atoms with E-state index in [1.54, 1.807) is 4.90 Å². The first kappa shape index (κ1) is 17.0. The predicted octanol–water partition coefficient (Wildman–Crippen LogP) is 2.86. The molecular formula is C16H28N2O2. The van der Waals surface area contributed by atoms with E-state index in [4.69, 9.17) is 0 Å². The van der Waals surface area contributed by atoms with E-state index >= 15 is 0 Å². The number of rotatable bonds is 6. The minimum Gasteiger partial charge on any atom is -0.395 e. The van der Waals surface area contributed by atoms with Crippen molar-refractivity contribution in [1.82, 2.24) is 4.90 Å². The highest BCUT2D eigenvalue weighted by Gasteiger charge is 2.42. The SMILES string of the molecule is CCC(CC)N(CCO)C(=O)C1(C#N)CCCCCC1. The van der Waals surface area contributed by atoms with Gasteiger partial charge in [-0.3, -0.25) is 4.79 Å². The van der Waals surface area contributed by atoms with Crippen molar-refractivity contribution in [2.45, 2.75) is 71.3 Å². The molecule has 1 amide bonds. The summed E-state index contributed by atoms with van der Waals surface area (Å²) in [5.74, 6) is -0.0512. The molecule has 0 aliphatic heterocycles. The van der Waals surface area contributed by atoms with Crippen molar-refractivity contribution in [3.05, 3.63) is 0 Å². The zero-order chi connectivity index (χ0) is 15.0. The lowest BCUT2D eigenvalue weighted by Crippen LogP contribution is -2.49. The number of aliphatic hydroxyl groups excluding tert-OH is 1. The summed E-state index contributed by atoms with van der Waals surface area (Å²) >= 11 is 0. The van der Waals surface area contributed by atoms with Crippen LogP contribution in [-0.4, -0.2) is 35.1 Å². The van der Waals surface area contributed by atoms with Crippen molar-refractivity contribution in [3.63, 3.8) is 0 Å². The van der Waals surface area contributed by atoms with Gasteiger partial charge < -0.3 is 10.0 Å². The molecule has 0 unspecified atom stereocenters. The summed E-state index contributed by atoms with van der Waals surface area (Å²) in [6, 6.07) is 2.45. The third-order valence-electron chi connectivity index (χ3n) is 4.57. The molecule has 0 radical (unpaired) electrons. The van der Waals surface area contributed by atoms with Crippen LogP contribution in [0.4, 0.5) is 0 Å². The predicted molar refractivity (Wildman–Crippen MR) is 78.9 cm³/mol. The Balaban J connectivity index is 2.98. The van der Waals surface area contributed by atoms with Gasteiger partial charge in [0.25, 0.3) is 0 Å². The van der Waals surface area contributed by atoms with Crippen molar-refractivity contribution in [3.8, 4) is 6.07 Å². The number of nitrogens with zero attached hydrogens (tertiary/aromatic N) is 2. The van der Waals surface area contributed by atoms with Crippen molar-refractivity contribution < 1.29 is 9.90 Å². The molecule has 0 atom stereocenters. The standard InChI is InChI=1S/C16H28N2O2/c1-3-14(4-2)18(11-12-19)15(20)16(13-17)9-7-5-6-8-10-16/h14,19H,3-12H2,1-2H3. The fourth-order valence-electron chi connectivity index (χ4n) is 3.27. The Labute approximate surface area is 122 Å². The van der Waals surface area contributed by atoms with Gasteiger partial charge in [-0.15, -0.1) is 0 Å². The van der Waals surface area contributed by atoms with Gasteiger partial charge in [-0.2, -0.15) is 5.26 Å². The van der Waals surface area contributed by atoms with Crippen LogP contribution >= 0.6 is 0 Å². The van der Waals surface area contributed by atoms with E-state index in [2.05, 4.69) is 19.9 Å². The molecule has 0 aromatic heterocycles. The third kappa shape index (κ3) is 3.73. The number of hydrogen-bond donors (Lipinski definition) is 1. The van der Waals surface area contributed by atoms with Crippen molar-refractivity contribution in [2.24, 2.45) is 5.41 Å². The average Bonchev–Trinajstić information content (AvgIpc) is 2.73. The molecule has 20 heavy (non-hydrogen) atoms. The van der Waals surface area contributed by atoms with Crippen molar-refractivity contribution in [2.75, 3.05) is 13.2 Å². The first-order valence-corrected chi connectivity index (χ1v) is 7.98. The van der Waals surface area contributed by atoms with E-state index in [1.807, 2.05) is 0 Å². The number of carbonyl (C=O) groups is 1. The highest BCUT2D eigenvalue weighted by molar-refractivity contribution is 5.85. The largest absolute Gasteiger partial charge is 0.395 e. The molecular weight excluding hydrogens is 252 g/mol. The first-order valence-electron chi connectivity index (χ1n) is 7.98. The first-order chi connectivity index (χ1) is 9.65. The summed E-state index contributed by atoms with van der Waals surface area (Å²) in [6.45, 7) is 4.41. The Hall–Kier alpha value is -1.08. The maximum Gasteiger partial charge on any atom is 0.243 e. The topological polar surface area (TPSA) is 64.3 Å². The lowest BCUT2D eigenvalue weighted by Gasteiger charge is -2.36. The van der Waals surface area contributed by atoms with Gasteiger partial charge >= 0.3 is 0 Å². The van der Waals surface area contributed by atoms with Gasteiger partial charge in [-0.05, 0) is 25.7 Å². The molecule has 1 fully saturated rings. The fourth-order valence-corrected chi connectivity index (χ4v) is 3.27. The summed E-state index contributed by atoms with van der Waals surface area (Å²) in [5.41, 5.74) is -0.853. The van der Waals surface area contributed by atoms with Gasteiger partial charge in [0, 0.05) is 12.6 Å². The summed E-state index contributed by atoms with van der Waals surface area (Å²) in [5, 5.41) is 18.9. The van der Waals surface area contributed by atoms with E-state index in [1.165, 1.54) is 0 Å². The van der Waals surface area contributed by atoms with Crippen LogP contribution in [0.2, 0.25) is 0 Å². The molecule has 1 rings (SSSR count). The van der Waals surface area contributed by atoms with Crippen molar-refractivity contribution >= 4 is 5.91 Å². The molecule has 4 heteroatoms. The highest BCUT2D eigenvalue weighted by atomic mass is 16.3. The van der Waals surface area contributed by atoms with E-state index in [0.717, 1.165) is 38.5 Å². The molecule has 0 bridgehead atoms. The molecule has 0 spiro atoms. The van der Waals surface area contributed by atoms with Gasteiger partial charge in [-0.25, -0.2) is 0 Å². The summed E-state index contributed by atoms with van der Waals surface area (Å²) < 4.78 is 0. The second kappa shape index (κ2) is 8.26. The molecule has 1 aliphatic carbocycles. The molecule has 4 nitrogen and oxygen atoms in total. The van der Waals surface area contributed by atoms with Crippen molar-refractivity contribution in [1.29, 1.82) is 5.26 Å². The Morgan fingerprint density at radius 1 is 1.25 bits per heavy atom. The van der Waals surface area contributed by atoms with Crippen LogP contribution in [0.1, 0.15) is 65.2 Å². The van der Waals surface area contributed by atoms with E-state index in [0.29, 0.717) is 19.4 Å². The minimum absolute atomic E-state index is 0.0379. The lowest BCUT2D eigenvalue weighted by molar-refractivity contribution is -0.143. The van der Waals surface area contributed by atoms with E-state index in [9.17, 15) is 15.2 Å². The van der Waals surface area contributed by atoms with Gasteiger partial charge in [0.2, 0.25) is 5.91 Å². The monoisotopic (exact) mass is 280 g/mol. The third-order valence-corrected chi connectivity index (χ3v) is 4.57. The van der Waals surface area contributed by atoms with Gasteiger partial charge in [0.15, 0.2) is 0 Å². The van der Waals surface area contributed by atoms with Crippen LogP contribution in [0.5, 0.6) is 0 Å². The Kier molecular flexibility index (Phi) is 7.01. The van der Waals surface area contributed by atoms with Crippen LogP contribution in [0.25, 0.3) is 0 Å². The van der Waals surface area contributed by atoms with Crippen LogP contribution in [0.3, 0.4) is 0 Å². The normalized spacial score (nSPS) is 18.4. The highest BCUT2D eigenvalue weighted by Crippen LogP contribution is 2.37. The van der Waals surface area contributed by atoms with Gasteiger partial charge in [0.05, 0.1) is 12.7 Å². The second-order valence-electron chi connectivity index (χ2n) is 5.80. The number of hydrogen-bond acceptors (Lipinski definition) is 3. The molecule has 1 N–H and O–H groups in total. The summed E-state index contributed by atoms with van der Waals surface area (Å²) in [6.07, 6.45) is 7.20. The molecule has 0 saturated heterocycles. The fraction of sp³-hybridized carbons (Fsp3) is 0.875. The molecule has 1 saturated carbocycles. The van der Waals surface area contributed by atoms with Crippen LogP contribution in [-0.2, 0) is 4.79 Å². The number of aliphatic hydroxyl groups is 1. The summed E-state index contributed by atoms with van der Waals surface area (Å²) in [4.78, 5) is 14.7. The zero-order valence-corrected chi connectivity index (χ0v) is 12.9. The molecule has 114 valence electrons. The average molecular weight is 280 g/mol. The second-order valence-corrected chi connectivity index (χ2v) is 5.80. The smallest absolute Gasteiger partial charge is 0.243 e. The Morgan fingerprint density at radius 3 is 2.20 bits per heavy atom. The van der Waals surface area contributed by atoms with E-state index in [-0.39, 0.29) is 18.6 Å². The number of amides is 1. The van der Waals surface area contributed by atoms with Crippen LogP contribution < -0.4 is 0 Å². The van der Waals surface area contributed by atoms with Gasteiger partial charge in [0.1, 0.15) is 5.41 Å². The Morgan fingerprint density at radius 2 is 1.80 bits per heavy atom. The molecule has 0 aromatic rings. The quantitative estimate of drug-likeness (QED) is 0.761. The lowest BCUT2D eigenvalue weighted by atomic mass is 9.80. The van der Waals surface area contributed by atoms with E-state index < -0.39 is 5.41 Å². The molecule has 0 aromatic carbocycles. The van der Waals surface area contributed by atoms with Crippen LogP contribution in [0, 0.1) is 16.7 Å². The summed E-state index contributed by atoms with van der Waals surface area (Å²) in [7, 11) is 0. The zero-order valence-electron chi connectivity index (χ0n) is 12.9. The molecule has 0 heterocycles. The minimum atomic E-state index is -0.853. The number of nitriles is 1. The molecule has 1 aliphatic rings. The maximum absolute atomic E-state index is 12.9. The van der Waals surface area contributed by atoms with Gasteiger partial charge in [-0.1, -0.05) is 39.5 Å². The maximum atomic E-state index is 12.9. The Bertz CT molecular complexity index is 337.